The number of fused-ring (bicyclic) bond motifs is 1. The quantitative estimate of drug-likeness (QED) is 0.563. The van der Waals surface area contributed by atoms with E-state index in [0.717, 1.165) is 0 Å². The van der Waals surface area contributed by atoms with Crippen LogP contribution in [0.2, 0.25) is 0 Å². The molecule has 5 nitrogen and oxygen atoms in total. The maximum atomic E-state index is 11.5. The third kappa shape index (κ3) is 1.75. The molecular weight excluding hydrogens is 208 g/mol. The fourth-order valence-corrected chi connectivity index (χ4v) is 1.52. The molecular formula is C11H10N2O3. The van der Waals surface area contributed by atoms with Crippen LogP contribution in [0.4, 0.5) is 5.69 Å². The van der Waals surface area contributed by atoms with Gasteiger partial charge in [0, 0.05) is 10.9 Å². The van der Waals surface area contributed by atoms with Gasteiger partial charge >= 0.3 is 5.63 Å². The molecule has 0 aliphatic carbocycles. The molecule has 0 saturated heterocycles. The molecule has 16 heavy (non-hydrogen) atoms. The average molecular weight is 218 g/mol. The summed E-state index contributed by atoms with van der Waals surface area (Å²) in [6.45, 7) is 0. The van der Waals surface area contributed by atoms with Gasteiger partial charge in [-0.15, -0.1) is 0 Å². The van der Waals surface area contributed by atoms with Gasteiger partial charge in [-0.05, 0) is 12.1 Å². The minimum Gasteiger partial charge on any atom is -0.420 e. The molecule has 0 unspecified atom stereocenters. The topological polar surface area (TPSA) is 99.3 Å². The summed E-state index contributed by atoms with van der Waals surface area (Å²) in [6, 6.07) is 6.70. The van der Waals surface area contributed by atoms with E-state index in [1.165, 1.54) is 0 Å². The van der Waals surface area contributed by atoms with Crippen LogP contribution in [-0.4, -0.2) is 5.91 Å². The number of hydrogen-bond acceptors (Lipinski definition) is 4. The van der Waals surface area contributed by atoms with Gasteiger partial charge in [0.15, 0.2) is 5.58 Å². The van der Waals surface area contributed by atoms with Crippen molar-refractivity contribution < 1.29 is 9.21 Å². The first-order chi connectivity index (χ1) is 7.58. The number of benzene rings is 1. The Morgan fingerprint density at radius 3 is 2.81 bits per heavy atom. The van der Waals surface area contributed by atoms with E-state index in [4.69, 9.17) is 15.9 Å². The molecule has 1 amide bonds. The van der Waals surface area contributed by atoms with Gasteiger partial charge < -0.3 is 15.9 Å². The van der Waals surface area contributed by atoms with Gasteiger partial charge in [-0.1, -0.05) is 12.1 Å². The summed E-state index contributed by atoms with van der Waals surface area (Å²) in [7, 11) is 0. The molecule has 0 bridgehead atoms. The molecule has 0 radical (unpaired) electrons. The number of hydrogen-bond donors (Lipinski definition) is 2. The maximum absolute atomic E-state index is 11.5. The summed E-state index contributed by atoms with van der Waals surface area (Å²) >= 11 is 0. The second-order valence-corrected chi connectivity index (χ2v) is 3.47. The summed E-state index contributed by atoms with van der Waals surface area (Å²) in [6.07, 6.45) is -0.132. The Bertz CT molecular complexity index is 616. The summed E-state index contributed by atoms with van der Waals surface area (Å²) in [5.41, 5.74) is 11.1. The highest BCUT2D eigenvalue weighted by atomic mass is 16.4. The van der Waals surface area contributed by atoms with Gasteiger partial charge in [-0.2, -0.15) is 0 Å². The summed E-state index contributed by atoms with van der Waals surface area (Å²) in [5.74, 6) is -0.574. The average Bonchev–Trinajstić information content (AvgIpc) is 2.20. The van der Waals surface area contributed by atoms with Crippen molar-refractivity contribution in [3.05, 3.63) is 40.2 Å². The number of anilines is 1. The van der Waals surface area contributed by atoms with E-state index in [1.807, 2.05) is 0 Å². The smallest absolute Gasteiger partial charge is 0.340 e. The van der Waals surface area contributed by atoms with E-state index in [2.05, 4.69) is 0 Å². The molecule has 0 aliphatic heterocycles. The van der Waals surface area contributed by atoms with Crippen LogP contribution >= 0.6 is 0 Å². The summed E-state index contributed by atoms with van der Waals surface area (Å²) < 4.78 is 5.04. The highest BCUT2D eigenvalue weighted by Crippen LogP contribution is 2.19. The Morgan fingerprint density at radius 2 is 2.12 bits per heavy atom. The van der Waals surface area contributed by atoms with Crippen LogP contribution in [-0.2, 0) is 11.2 Å². The predicted octanol–water partition coefficient (Wildman–Crippen LogP) is 0.403. The zero-order valence-electron chi connectivity index (χ0n) is 8.40. The van der Waals surface area contributed by atoms with Gasteiger partial charge in [-0.3, -0.25) is 4.79 Å². The second-order valence-electron chi connectivity index (χ2n) is 3.47. The van der Waals surface area contributed by atoms with Crippen LogP contribution in [0.3, 0.4) is 0 Å². The third-order valence-electron chi connectivity index (χ3n) is 2.23. The Morgan fingerprint density at radius 1 is 1.38 bits per heavy atom. The minimum atomic E-state index is -0.579. The van der Waals surface area contributed by atoms with Crippen LogP contribution in [0.15, 0.2) is 33.5 Å². The first-order valence-electron chi connectivity index (χ1n) is 4.67. The van der Waals surface area contributed by atoms with Crippen molar-refractivity contribution >= 4 is 22.6 Å². The van der Waals surface area contributed by atoms with Gasteiger partial charge in [0.25, 0.3) is 0 Å². The Kier molecular flexibility index (Phi) is 2.36. The standard InChI is InChI=1S/C11H10N2O3/c12-8-3-1-2-6-4-7(5-9(13)14)11(15)16-10(6)8/h1-4H,5,12H2,(H2,13,14). The fourth-order valence-electron chi connectivity index (χ4n) is 1.52. The fraction of sp³-hybridized carbons (Fsp3) is 0.0909. The van der Waals surface area contributed by atoms with E-state index in [-0.39, 0.29) is 12.0 Å². The minimum absolute atomic E-state index is 0.132. The molecule has 0 atom stereocenters. The van der Waals surface area contributed by atoms with Crippen molar-refractivity contribution in [3.8, 4) is 0 Å². The molecule has 2 aromatic rings. The van der Waals surface area contributed by atoms with E-state index >= 15 is 0 Å². The number of para-hydroxylation sites is 1. The van der Waals surface area contributed by atoms with Crippen LogP contribution in [0.25, 0.3) is 11.0 Å². The summed E-state index contributed by atoms with van der Waals surface area (Å²) in [5, 5.41) is 0.677. The second kappa shape index (κ2) is 3.69. The molecule has 82 valence electrons. The van der Waals surface area contributed by atoms with Crippen LogP contribution < -0.4 is 17.1 Å². The SMILES string of the molecule is NC(=O)Cc1cc2cccc(N)c2oc1=O. The number of amides is 1. The Labute approximate surface area is 90.7 Å². The molecule has 1 aromatic heterocycles. The lowest BCUT2D eigenvalue weighted by molar-refractivity contribution is -0.117. The van der Waals surface area contributed by atoms with Crippen LogP contribution in [0.5, 0.6) is 0 Å². The molecule has 1 aromatic carbocycles. The molecule has 2 rings (SSSR count). The van der Waals surface area contributed by atoms with Crippen molar-refractivity contribution in [3.63, 3.8) is 0 Å². The van der Waals surface area contributed by atoms with E-state index in [9.17, 15) is 9.59 Å². The van der Waals surface area contributed by atoms with E-state index in [1.54, 1.807) is 24.3 Å². The molecule has 1 heterocycles. The molecule has 0 spiro atoms. The lowest BCUT2D eigenvalue weighted by atomic mass is 10.1. The number of primary amides is 1. The molecule has 0 saturated carbocycles. The lowest BCUT2D eigenvalue weighted by Crippen LogP contribution is -2.19. The number of nitrogens with two attached hydrogens (primary N) is 2. The molecule has 0 fully saturated rings. The maximum Gasteiger partial charge on any atom is 0.340 e. The first kappa shape index (κ1) is 10.2. The first-order valence-corrected chi connectivity index (χ1v) is 4.67. The largest absolute Gasteiger partial charge is 0.420 e. The lowest BCUT2D eigenvalue weighted by Gasteiger charge is -2.02. The highest BCUT2D eigenvalue weighted by Gasteiger charge is 2.09. The number of nitrogen functional groups attached to an aromatic ring is 1. The van der Waals surface area contributed by atoms with Crippen molar-refractivity contribution in [1.82, 2.24) is 0 Å². The van der Waals surface area contributed by atoms with Crippen molar-refractivity contribution in [2.45, 2.75) is 6.42 Å². The van der Waals surface area contributed by atoms with E-state index in [0.29, 0.717) is 16.7 Å². The van der Waals surface area contributed by atoms with Crippen LogP contribution in [0, 0.1) is 0 Å². The normalized spacial score (nSPS) is 10.5. The van der Waals surface area contributed by atoms with Gasteiger partial charge in [0.05, 0.1) is 12.1 Å². The van der Waals surface area contributed by atoms with Gasteiger partial charge in [-0.25, -0.2) is 4.79 Å². The number of carbonyl (C=O) groups excluding carboxylic acids is 1. The zero-order valence-corrected chi connectivity index (χ0v) is 8.40. The molecule has 4 N–H and O–H groups in total. The number of carbonyl (C=O) groups is 1. The number of rotatable bonds is 2. The highest BCUT2D eigenvalue weighted by molar-refractivity contribution is 5.88. The molecule has 5 heteroatoms. The zero-order chi connectivity index (χ0) is 11.7. The Hall–Kier alpha value is -2.30. The summed E-state index contributed by atoms with van der Waals surface area (Å²) in [4.78, 5) is 22.2. The monoisotopic (exact) mass is 218 g/mol. The van der Waals surface area contributed by atoms with E-state index < -0.39 is 11.5 Å². The van der Waals surface area contributed by atoms with Crippen molar-refractivity contribution in [1.29, 1.82) is 0 Å². The van der Waals surface area contributed by atoms with Crippen molar-refractivity contribution in [2.75, 3.05) is 5.73 Å². The van der Waals surface area contributed by atoms with Gasteiger partial charge in [0.2, 0.25) is 5.91 Å². The predicted molar refractivity (Wildman–Crippen MR) is 59.8 cm³/mol. The van der Waals surface area contributed by atoms with Gasteiger partial charge in [0.1, 0.15) is 0 Å². The Balaban J connectivity index is 2.68. The molecule has 0 aliphatic rings. The van der Waals surface area contributed by atoms with Crippen LogP contribution in [0.1, 0.15) is 5.56 Å². The van der Waals surface area contributed by atoms with Crippen molar-refractivity contribution in [2.24, 2.45) is 5.73 Å². The third-order valence-corrected chi connectivity index (χ3v) is 2.23.